The fourth-order valence-electron chi connectivity index (χ4n) is 2.33. The zero-order chi connectivity index (χ0) is 14.8. The lowest BCUT2D eigenvalue weighted by Gasteiger charge is -2.29. The molecule has 5 heteroatoms. The molecule has 0 spiro atoms. The maximum absolute atomic E-state index is 12.4. The van der Waals surface area contributed by atoms with Gasteiger partial charge in [-0.2, -0.15) is 0 Å². The van der Waals surface area contributed by atoms with Crippen LogP contribution in [0.5, 0.6) is 5.75 Å². The molecule has 110 valence electrons. The summed E-state index contributed by atoms with van der Waals surface area (Å²) in [6, 6.07) is 5.07. The molecule has 0 saturated carbocycles. The molecule has 0 radical (unpaired) electrons. The van der Waals surface area contributed by atoms with E-state index in [4.69, 9.17) is 15.2 Å². The molecular formula is C15H22N2O3. The molecule has 20 heavy (non-hydrogen) atoms. The van der Waals surface area contributed by atoms with E-state index >= 15 is 0 Å². The first kappa shape index (κ1) is 14.7. The average Bonchev–Trinajstić information content (AvgIpc) is 2.69. The van der Waals surface area contributed by atoms with Crippen molar-refractivity contribution in [2.24, 2.45) is 0 Å². The molecule has 1 fully saturated rings. The van der Waals surface area contributed by atoms with Crippen molar-refractivity contribution in [1.82, 2.24) is 5.32 Å². The third-order valence-electron chi connectivity index (χ3n) is 3.79. The minimum Gasteiger partial charge on any atom is -0.494 e. The second-order valence-electron chi connectivity index (χ2n) is 5.36. The van der Waals surface area contributed by atoms with Crippen LogP contribution in [0.4, 0.5) is 5.69 Å². The second-order valence-corrected chi connectivity index (χ2v) is 5.36. The lowest BCUT2D eigenvalue weighted by Crippen LogP contribution is -2.50. The highest BCUT2D eigenvalue weighted by Crippen LogP contribution is 2.26. The molecule has 1 heterocycles. The molecule has 1 aliphatic heterocycles. The number of nitrogens with two attached hydrogens (primary N) is 1. The van der Waals surface area contributed by atoms with Gasteiger partial charge in [-0.1, -0.05) is 0 Å². The van der Waals surface area contributed by atoms with E-state index in [1.165, 1.54) is 0 Å². The number of hydrogen-bond acceptors (Lipinski definition) is 4. The fraction of sp³-hybridized carbons (Fsp3) is 0.533. The minimum atomic E-state index is -0.340. The Morgan fingerprint density at radius 3 is 2.90 bits per heavy atom. The quantitative estimate of drug-likeness (QED) is 0.826. The maximum Gasteiger partial charge on any atom is 0.252 e. The van der Waals surface area contributed by atoms with Gasteiger partial charge in [0, 0.05) is 23.9 Å². The van der Waals surface area contributed by atoms with Crippen molar-refractivity contribution in [1.29, 1.82) is 0 Å². The number of carbonyl (C=O) groups is 1. The summed E-state index contributed by atoms with van der Waals surface area (Å²) < 4.78 is 10.9. The van der Waals surface area contributed by atoms with Gasteiger partial charge in [0.05, 0.1) is 18.2 Å². The SMILES string of the molecule is CCOc1cc(N)cc(C(=O)NC2(C)CCOC2C)c1. The van der Waals surface area contributed by atoms with Crippen molar-refractivity contribution in [3.8, 4) is 5.75 Å². The van der Waals surface area contributed by atoms with Gasteiger partial charge in [-0.25, -0.2) is 0 Å². The normalized spacial score (nSPS) is 25.4. The third-order valence-corrected chi connectivity index (χ3v) is 3.79. The van der Waals surface area contributed by atoms with Crippen molar-refractivity contribution < 1.29 is 14.3 Å². The van der Waals surface area contributed by atoms with Crippen molar-refractivity contribution in [3.63, 3.8) is 0 Å². The van der Waals surface area contributed by atoms with E-state index in [1.807, 2.05) is 20.8 Å². The summed E-state index contributed by atoms with van der Waals surface area (Å²) in [5.74, 6) is 0.455. The zero-order valence-corrected chi connectivity index (χ0v) is 12.2. The first-order chi connectivity index (χ1) is 9.44. The van der Waals surface area contributed by atoms with Crippen LogP contribution >= 0.6 is 0 Å². The van der Waals surface area contributed by atoms with Crippen LogP contribution in [0.2, 0.25) is 0 Å². The van der Waals surface area contributed by atoms with Gasteiger partial charge in [-0.3, -0.25) is 4.79 Å². The summed E-state index contributed by atoms with van der Waals surface area (Å²) in [6.45, 7) is 7.06. The molecule has 0 aliphatic carbocycles. The molecule has 0 bridgehead atoms. The number of carbonyl (C=O) groups excluding carboxylic acids is 1. The molecule has 1 aliphatic rings. The molecule has 2 rings (SSSR count). The predicted molar refractivity (Wildman–Crippen MR) is 77.9 cm³/mol. The van der Waals surface area contributed by atoms with Gasteiger partial charge in [-0.05, 0) is 39.3 Å². The topological polar surface area (TPSA) is 73.6 Å². The maximum atomic E-state index is 12.4. The molecule has 1 saturated heterocycles. The number of hydrogen-bond donors (Lipinski definition) is 2. The van der Waals surface area contributed by atoms with Crippen LogP contribution < -0.4 is 15.8 Å². The molecule has 1 amide bonds. The number of amides is 1. The Kier molecular flexibility index (Phi) is 4.18. The van der Waals surface area contributed by atoms with Crippen LogP contribution in [0.1, 0.15) is 37.6 Å². The molecule has 1 aromatic rings. The second kappa shape index (κ2) is 5.71. The van der Waals surface area contributed by atoms with E-state index in [0.29, 0.717) is 30.2 Å². The summed E-state index contributed by atoms with van der Waals surface area (Å²) in [6.07, 6.45) is 0.805. The summed E-state index contributed by atoms with van der Waals surface area (Å²) in [4.78, 5) is 12.4. The molecule has 2 atom stereocenters. The lowest BCUT2D eigenvalue weighted by atomic mass is 9.94. The largest absolute Gasteiger partial charge is 0.494 e. The Morgan fingerprint density at radius 2 is 2.30 bits per heavy atom. The Balaban J connectivity index is 2.16. The fourth-order valence-corrected chi connectivity index (χ4v) is 2.33. The molecule has 1 aromatic carbocycles. The first-order valence-corrected chi connectivity index (χ1v) is 6.92. The van der Waals surface area contributed by atoms with Gasteiger partial charge in [0.25, 0.3) is 5.91 Å². The number of nitrogens with one attached hydrogen (secondary N) is 1. The summed E-state index contributed by atoms with van der Waals surface area (Å²) in [5.41, 5.74) is 6.50. The van der Waals surface area contributed by atoms with Gasteiger partial charge in [0.1, 0.15) is 5.75 Å². The standard InChI is InChI=1S/C15H22N2O3/c1-4-19-13-8-11(7-12(16)9-13)14(18)17-15(3)5-6-20-10(15)2/h7-10H,4-6,16H2,1-3H3,(H,17,18). The van der Waals surface area contributed by atoms with Crippen LogP contribution in [0.15, 0.2) is 18.2 Å². The highest BCUT2D eigenvalue weighted by molar-refractivity contribution is 5.96. The Morgan fingerprint density at radius 1 is 1.55 bits per heavy atom. The van der Waals surface area contributed by atoms with Crippen molar-refractivity contribution >= 4 is 11.6 Å². The number of nitrogen functional groups attached to an aromatic ring is 1. The smallest absolute Gasteiger partial charge is 0.252 e. The number of ether oxygens (including phenoxy) is 2. The van der Waals surface area contributed by atoms with Gasteiger partial charge < -0.3 is 20.5 Å². The highest BCUT2D eigenvalue weighted by atomic mass is 16.5. The monoisotopic (exact) mass is 278 g/mol. The number of benzene rings is 1. The molecule has 5 nitrogen and oxygen atoms in total. The average molecular weight is 278 g/mol. The summed E-state index contributed by atoms with van der Waals surface area (Å²) in [7, 11) is 0. The van der Waals surface area contributed by atoms with E-state index in [-0.39, 0.29) is 17.6 Å². The van der Waals surface area contributed by atoms with Gasteiger partial charge in [0.15, 0.2) is 0 Å². The van der Waals surface area contributed by atoms with Crippen molar-refractivity contribution in [3.05, 3.63) is 23.8 Å². The van der Waals surface area contributed by atoms with Gasteiger partial charge in [-0.15, -0.1) is 0 Å². The van der Waals surface area contributed by atoms with Crippen LogP contribution in [0.25, 0.3) is 0 Å². The Hall–Kier alpha value is -1.75. The van der Waals surface area contributed by atoms with Crippen LogP contribution in [-0.2, 0) is 4.74 Å². The van der Waals surface area contributed by atoms with Crippen LogP contribution in [-0.4, -0.2) is 30.8 Å². The van der Waals surface area contributed by atoms with Crippen LogP contribution in [0.3, 0.4) is 0 Å². The number of anilines is 1. The molecule has 2 unspecified atom stereocenters. The van der Waals surface area contributed by atoms with E-state index < -0.39 is 0 Å². The van der Waals surface area contributed by atoms with E-state index in [2.05, 4.69) is 5.32 Å². The predicted octanol–water partition coefficient (Wildman–Crippen LogP) is 1.96. The lowest BCUT2D eigenvalue weighted by molar-refractivity contribution is 0.0727. The molecular weight excluding hydrogens is 256 g/mol. The summed E-state index contributed by atoms with van der Waals surface area (Å²) in [5, 5.41) is 3.04. The first-order valence-electron chi connectivity index (χ1n) is 6.92. The van der Waals surface area contributed by atoms with Gasteiger partial charge >= 0.3 is 0 Å². The summed E-state index contributed by atoms with van der Waals surface area (Å²) >= 11 is 0. The Labute approximate surface area is 119 Å². The Bertz CT molecular complexity index is 504. The van der Waals surface area contributed by atoms with Crippen molar-refractivity contribution in [2.75, 3.05) is 18.9 Å². The third kappa shape index (κ3) is 3.04. The van der Waals surface area contributed by atoms with Crippen LogP contribution in [0, 0.1) is 0 Å². The minimum absolute atomic E-state index is 0.00104. The van der Waals surface area contributed by atoms with E-state index in [9.17, 15) is 4.79 Å². The molecule has 0 aromatic heterocycles. The number of rotatable bonds is 4. The molecule has 3 N–H and O–H groups in total. The van der Waals surface area contributed by atoms with E-state index in [1.54, 1.807) is 18.2 Å². The van der Waals surface area contributed by atoms with Gasteiger partial charge in [0.2, 0.25) is 0 Å². The highest BCUT2D eigenvalue weighted by Gasteiger charge is 2.38. The van der Waals surface area contributed by atoms with Crippen molar-refractivity contribution in [2.45, 2.75) is 38.8 Å². The zero-order valence-electron chi connectivity index (χ0n) is 12.2. The van der Waals surface area contributed by atoms with E-state index in [0.717, 1.165) is 6.42 Å².